The molecular formula is C31H41N3O3. The summed E-state index contributed by atoms with van der Waals surface area (Å²) in [7, 11) is 1.67. The lowest BCUT2D eigenvalue weighted by Crippen LogP contribution is -2.46. The summed E-state index contributed by atoms with van der Waals surface area (Å²) < 4.78 is 7.54. The van der Waals surface area contributed by atoms with Crippen LogP contribution in [0.15, 0.2) is 72.9 Å². The highest BCUT2D eigenvalue weighted by molar-refractivity contribution is 5.87. The summed E-state index contributed by atoms with van der Waals surface area (Å²) in [4.78, 5) is 30.5. The fourth-order valence-electron chi connectivity index (χ4n) is 4.29. The second kappa shape index (κ2) is 13.1. The zero-order valence-corrected chi connectivity index (χ0v) is 22.9. The molecule has 0 atom stereocenters. The van der Waals surface area contributed by atoms with E-state index in [1.54, 1.807) is 12.0 Å². The summed E-state index contributed by atoms with van der Waals surface area (Å²) in [6, 6.07) is 22.1. The Bertz CT molecular complexity index is 1150. The van der Waals surface area contributed by atoms with Crippen LogP contribution in [-0.2, 0) is 29.2 Å². The lowest BCUT2D eigenvalue weighted by molar-refractivity contribution is -0.146. The number of hydrogen-bond acceptors (Lipinski definition) is 3. The maximum Gasteiger partial charge on any atom is 0.242 e. The van der Waals surface area contributed by atoms with Crippen LogP contribution in [0.3, 0.4) is 0 Å². The molecule has 0 unspecified atom stereocenters. The van der Waals surface area contributed by atoms with Gasteiger partial charge in [-0.1, -0.05) is 76.6 Å². The third-order valence-electron chi connectivity index (χ3n) is 6.37. The molecule has 1 aromatic heterocycles. The lowest BCUT2D eigenvalue weighted by Gasteiger charge is -2.32. The van der Waals surface area contributed by atoms with E-state index in [0.717, 1.165) is 35.4 Å². The highest BCUT2D eigenvalue weighted by atomic mass is 16.5. The van der Waals surface area contributed by atoms with E-state index in [9.17, 15) is 9.59 Å². The summed E-state index contributed by atoms with van der Waals surface area (Å²) in [5, 5.41) is 0. The minimum atomic E-state index is -0.538. The van der Waals surface area contributed by atoms with Gasteiger partial charge in [0.25, 0.3) is 0 Å². The minimum Gasteiger partial charge on any atom is -0.497 e. The SMILES string of the molecule is CCCCN(CC(=O)N(Cc1ccccc1)Cc1cccn1Cc1cccc(OC)c1)C(=O)C(C)(C)C. The number of carbonyl (C=O) groups is 2. The van der Waals surface area contributed by atoms with Crippen molar-refractivity contribution in [1.82, 2.24) is 14.4 Å². The van der Waals surface area contributed by atoms with Crippen LogP contribution in [-0.4, -0.2) is 46.4 Å². The van der Waals surface area contributed by atoms with Crippen molar-refractivity contribution in [2.45, 2.75) is 60.2 Å². The fourth-order valence-corrected chi connectivity index (χ4v) is 4.29. The lowest BCUT2D eigenvalue weighted by atomic mass is 9.94. The molecule has 1 heterocycles. The molecule has 0 saturated heterocycles. The molecule has 0 radical (unpaired) electrons. The molecule has 0 fully saturated rings. The van der Waals surface area contributed by atoms with Crippen molar-refractivity contribution >= 4 is 11.8 Å². The van der Waals surface area contributed by atoms with Crippen LogP contribution in [0.2, 0.25) is 0 Å². The standard InChI is InChI=1S/C31H41N3O3/c1-6-7-18-33(30(36)31(2,3)4)24-29(35)34(21-25-13-9-8-10-14-25)23-27-16-12-19-32(27)22-26-15-11-17-28(20-26)37-5/h8-17,19-20H,6-7,18,21-24H2,1-5H3. The molecule has 37 heavy (non-hydrogen) atoms. The van der Waals surface area contributed by atoms with E-state index in [-0.39, 0.29) is 18.4 Å². The molecule has 0 bridgehead atoms. The number of aromatic nitrogens is 1. The second-order valence-corrected chi connectivity index (χ2v) is 10.5. The Morgan fingerprint density at radius 1 is 0.892 bits per heavy atom. The number of unbranched alkanes of at least 4 members (excludes halogenated alkanes) is 1. The summed E-state index contributed by atoms with van der Waals surface area (Å²) in [6.07, 6.45) is 3.88. The van der Waals surface area contributed by atoms with Gasteiger partial charge in [0.2, 0.25) is 11.8 Å². The Kier molecular flexibility index (Phi) is 9.95. The summed E-state index contributed by atoms with van der Waals surface area (Å²) in [5.41, 5.74) is 2.68. The first-order chi connectivity index (χ1) is 17.7. The van der Waals surface area contributed by atoms with Crippen LogP contribution in [0.5, 0.6) is 5.75 Å². The van der Waals surface area contributed by atoms with E-state index in [4.69, 9.17) is 4.74 Å². The van der Waals surface area contributed by atoms with E-state index < -0.39 is 5.41 Å². The quantitative estimate of drug-likeness (QED) is 0.316. The molecule has 0 aliphatic rings. The van der Waals surface area contributed by atoms with E-state index in [1.165, 1.54) is 0 Å². The molecule has 6 heteroatoms. The van der Waals surface area contributed by atoms with Gasteiger partial charge in [0.1, 0.15) is 5.75 Å². The topological polar surface area (TPSA) is 54.8 Å². The number of rotatable bonds is 12. The Morgan fingerprint density at radius 3 is 2.30 bits per heavy atom. The molecule has 0 spiro atoms. The third-order valence-corrected chi connectivity index (χ3v) is 6.37. The molecule has 0 N–H and O–H groups in total. The predicted octanol–water partition coefficient (Wildman–Crippen LogP) is 5.75. The molecular weight excluding hydrogens is 462 g/mol. The smallest absolute Gasteiger partial charge is 0.242 e. The van der Waals surface area contributed by atoms with Crippen molar-refractivity contribution in [1.29, 1.82) is 0 Å². The highest BCUT2D eigenvalue weighted by Crippen LogP contribution is 2.20. The van der Waals surface area contributed by atoms with Gasteiger partial charge in [0.15, 0.2) is 0 Å². The van der Waals surface area contributed by atoms with Crippen LogP contribution in [0.1, 0.15) is 57.4 Å². The predicted molar refractivity (Wildman–Crippen MR) is 148 cm³/mol. The van der Waals surface area contributed by atoms with Crippen LogP contribution < -0.4 is 4.74 Å². The van der Waals surface area contributed by atoms with Gasteiger partial charge in [-0.15, -0.1) is 0 Å². The van der Waals surface area contributed by atoms with Gasteiger partial charge < -0.3 is 19.1 Å². The zero-order chi connectivity index (χ0) is 26.8. The van der Waals surface area contributed by atoms with E-state index in [0.29, 0.717) is 26.2 Å². The average molecular weight is 504 g/mol. The van der Waals surface area contributed by atoms with Crippen molar-refractivity contribution in [3.05, 3.63) is 89.7 Å². The summed E-state index contributed by atoms with van der Waals surface area (Å²) >= 11 is 0. The van der Waals surface area contributed by atoms with E-state index in [1.807, 2.05) is 86.5 Å². The molecule has 0 saturated carbocycles. The Morgan fingerprint density at radius 2 is 1.62 bits per heavy atom. The monoisotopic (exact) mass is 503 g/mol. The number of benzene rings is 2. The normalized spacial score (nSPS) is 11.3. The second-order valence-electron chi connectivity index (χ2n) is 10.5. The first kappa shape index (κ1) is 28.0. The maximum atomic E-state index is 13.7. The molecule has 3 rings (SSSR count). The summed E-state index contributed by atoms with van der Waals surface area (Å²) in [5.74, 6) is 0.782. The van der Waals surface area contributed by atoms with Gasteiger partial charge in [0, 0.05) is 36.9 Å². The van der Waals surface area contributed by atoms with E-state index >= 15 is 0 Å². The highest BCUT2D eigenvalue weighted by Gasteiger charge is 2.29. The van der Waals surface area contributed by atoms with Crippen LogP contribution in [0.4, 0.5) is 0 Å². The van der Waals surface area contributed by atoms with Gasteiger partial charge in [-0.05, 0) is 41.8 Å². The van der Waals surface area contributed by atoms with Gasteiger partial charge in [0.05, 0.1) is 20.2 Å². The number of hydrogen-bond donors (Lipinski definition) is 0. The summed E-state index contributed by atoms with van der Waals surface area (Å²) in [6.45, 7) is 10.1. The van der Waals surface area contributed by atoms with E-state index in [2.05, 4.69) is 23.6 Å². The molecule has 6 nitrogen and oxygen atoms in total. The van der Waals surface area contributed by atoms with Crippen molar-refractivity contribution in [2.24, 2.45) is 5.41 Å². The molecule has 0 aliphatic carbocycles. The fraction of sp³-hybridized carbons (Fsp3) is 0.419. The van der Waals surface area contributed by atoms with Crippen molar-refractivity contribution < 1.29 is 14.3 Å². The third kappa shape index (κ3) is 8.24. The number of ether oxygens (including phenoxy) is 1. The van der Waals surface area contributed by atoms with Crippen molar-refractivity contribution in [3.63, 3.8) is 0 Å². The first-order valence-corrected chi connectivity index (χ1v) is 13.1. The molecule has 2 amide bonds. The Labute approximate surface area is 221 Å². The maximum absolute atomic E-state index is 13.7. The first-order valence-electron chi connectivity index (χ1n) is 13.1. The number of methoxy groups -OCH3 is 1. The Balaban J connectivity index is 1.83. The van der Waals surface area contributed by atoms with Crippen LogP contribution in [0, 0.1) is 5.41 Å². The molecule has 0 aliphatic heterocycles. The van der Waals surface area contributed by atoms with Gasteiger partial charge in [-0.3, -0.25) is 9.59 Å². The largest absolute Gasteiger partial charge is 0.497 e. The van der Waals surface area contributed by atoms with Gasteiger partial charge >= 0.3 is 0 Å². The number of amides is 2. The van der Waals surface area contributed by atoms with Crippen LogP contribution in [0.25, 0.3) is 0 Å². The van der Waals surface area contributed by atoms with Gasteiger partial charge in [-0.2, -0.15) is 0 Å². The Hall–Kier alpha value is -3.54. The molecule has 3 aromatic rings. The minimum absolute atomic E-state index is 0.00959. The number of carbonyl (C=O) groups excluding carboxylic acids is 2. The molecule has 198 valence electrons. The number of nitrogens with zero attached hydrogens (tertiary/aromatic N) is 3. The average Bonchev–Trinajstić information content (AvgIpc) is 3.32. The van der Waals surface area contributed by atoms with Crippen LogP contribution >= 0.6 is 0 Å². The molecule has 2 aromatic carbocycles. The van der Waals surface area contributed by atoms with Crippen molar-refractivity contribution in [3.8, 4) is 5.75 Å². The van der Waals surface area contributed by atoms with Gasteiger partial charge in [-0.25, -0.2) is 0 Å². The van der Waals surface area contributed by atoms with Crippen molar-refractivity contribution in [2.75, 3.05) is 20.2 Å². The zero-order valence-electron chi connectivity index (χ0n) is 22.9.